The number of hydrogen-bond acceptors (Lipinski definition) is 6. The Morgan fingerprint density at radius 2 is 2.11 bits per heavy atom. The number of hydrazine groups is 1. The van der Waals surface area contributed by atoms with Crippen LogP contribution in [-0.4, -0.2) is 27.7 Å². The van der Waals surface area contributed by atoms with E-state index < -0.39 is 18.0 Å². The highest BCUT2D eigenvalue weighted by Crippen LogP contribution is 2.29. The number of nitrogens with two attached hydrogens (primary N) is 1. The summed E-state index contributed by atoms with van der Waals surface area (Å²) in [6, 6.07) is 0.753. The number of hydrogen-bond donors (Lipinski definition) is 4. The zero-order chi connectivity index (χ0) is 13.8. The van der Waals surface area contributed by atoms with E-state index in [1.54, 1.807) is 6.92 Å². The molecule has 1 aromatic heterocycles. The number of nitrogens with zero attached hydrogens (tertiary/aromatic N) is 2. The Kier molecular flexibility index (Phi) is 4.68. The van der Waals surface area contributed by atoms with Crippen molar-refractivity contribution in [3.63, 3.8) is 0 Å². The first-order chi connectivity index (χ1) is 8.36. The van der Waals surface area contributed by atoms with E-state index in [4.69, 9.17) is 5.84 Å². The molecule has 6 nitrogen and oxygen atoms in total. The van der Waals surface area contributed by atoms with Gasteiger partial charge in [-0.1, -0.05) is 6.92 Å². The van der Waals surface area contributed by atoms with Gasteiger partial charge in [-0.3, -0.25) is 5.43 Å². The van der Waals surface area contributed by atoms with Crippen LogP contribution in [0.25, 0.3) is 0 Å². The number of halogens is 3. The van der Waals surface area contributed by atoms with E-state index in [0.29, 0.717) is 6.42 Å². The van der Waals surface area contributed by atoms with Crippen molar-refractivity contribution < 1.29 is 18.3 Å². The van der Waals surface area contributed by atoms with Crippen molar-refractivity contribution in [2.24, 2.45) is 5.84 Å². The molecule has 0 bridgehead atoms. The van der Waals surface area contributed by atoms with Crippen molar-refractivity contribution in [1.82, 2.24) is 9.97 Å². The van der Waals surface area contributed by atoms with E-state index in [2.05, 4.69) is 15.3 Å². The number of anilines is 2. The highest BCUT2D eigenvalue weighted by atomic mass is 19.4. The van der Waals surface area contributed by atoms with Crippen molar-refractivity contribution in [2.45, 2.75) is 25.6 Å². The SMILES string of the molecule is CCC(O)CNc1cc(C(F)(F)F)nc(NN)n1. The van der Waals surface area contributed by atoms with Crippen molar-refractivity contribution >= 4 is 11.8 Å². The van der Waals surface area contributed by atoms with Crippen LogP contribution in [0.5, 0.6) is 0 Å². The molecule has 0 aliphatic rings. The van der Waals surface area contributed by atoms with E-state index in [-0.39, 0.29) is 18.3 Å². The summed E-state index contributed by atoms with van der Waals surface area (Å²) in [5, 5.41) is 11.9. The maximum Gasteiger partial charge on any atom is 0.433 e. The third kappa shape index (κ3) is 4.00. The van der Waals surface area contributed by atoms with Gasteiger partial charge in [0.25, 0.3) is 0 Å². The quantitative estimate of drug-likeness (QED) is 0.468. The van der Waals surface area contributed by atoms with Gasteiger partial charge in [0.05, 0.1) is 6.10 Å². The predicted molar refractivity (Wildman–Crippen MR) is 59.6 cm³/mol. The maximum absolute atomic E-state index is 12.5. The molecule has 9 heteroatoms. The molecule has 0 aliphatic heterocycles. The molecule has 0 saturated carbocycles. The normalized spacial score (nSPS) is 13.2. The number of aliphatic hydroxyl groups excluding tert-OH is 1. The third-order valence-electron chi connectivity index (χ3n) is 2.14. The molecule has 1 atom stereocenters. The average molecular weight is 265 g/mol. The lowest BCUT2D eigenvalue weighted by Gasteiger charge is -2.13. The smallest absolute Gasteiger partial charge is 0.391 e. The molecule has 1 aromatic rings. The van der Waals surface area contributed by atoms with E-state index in [9.17, 15) is 18.3 Å². The van der Waals surface area contributed by atoms with Gasteiger partial charge in [0.15, 0.2) is 5.69 Å². The molecule has 18 heavy (non-hydrogen) atoms. The first kappa shape index (κ1) is 14.5. The molecule has 0 radical (unpaired) electrons. The summed E-state index contributed by atoms with van der Waals surface area (Å²) in [6.45, 7) is 1.84. The minimum Gasteiger partial charge on any atom is -0.391 e. The van der Waals surface area contributed by atoms with Crippen LogP contribution in [-0.2, 0) is 6.18 Å². The Hall–Kier alpha value is -1.61. The second kappa shape index (κ2) is 5.83. The minimum absolute atomic E-state index is 0.0576. The van der Waals surface area contributed by atoms with Crippen molar-refractivity contribution in [3.05, 3.63) is 11.8 Å². The largest absolute Gasteiger partial charge is 0.433 e. The lowest BCUT2D eigenvalue weighted by Crippen LogP contribution is -2.21. The molecule has 1 heterocycles. The van der Waals surface area contributed by atoms with E-state index in [1.165, 1.54) is 0 Å². The molecule has 0 saturated heterocycles. The van der Waals surface area contributed by atoms with E-state index in [0.717, 1.165) is 6.07 Å². The molecule has 0 spiro atoms. The lowest BCUT2D eigenvalue weighted by atomic mass is 10.3. The van der Waals surface area contributed by atoms with Crippen LogP contribution in [0.3, 0.4) is 0 Å². The van der Waals surface area contributed by atoms with Crippen LogP contribution in [0, 0.1) is 0 Å². The van der Waals surface area contributed by atoms with Crippen LogP contribution in [0.2, 0.25) is 0 Å². The first-order valence-electron chi connectivity index (χ1n) is 5.21. The molecule has 5 N–H and O–H groups in total. The number of nitrogen functional groups attached to an aromatic ring is 1. The molecule has 102 valence electrons. The molecule has 0 amide bonds. The van der Waals surface area contributed by atoms with Gasteiger partial charge < -0.3 is 10.4 Å². The van der Waals surface area contributed by atoms with Gasteiger partial charge in [0.2, 0.25) is 5.95 Å². The van der Waals surface area contributed by atoms with Crippen molar-refractivity contribution in [3.8, 4) is 0 Å². The number of aromatic nitrogens is 2. The van der Waals surface area contributed by atoms with Gasteiger partial charge in [0, 0.05) is 12.6 Å². The summed E-state index contributed by atoms with van der Waals surface area (Å²) < 4.78 is 37.5. The second-order valence-corrected chi connectivity index (χ2v) is 3.55. The number of aliphatic hydroxyl groups is 1. The molecule has 1 rings (SSSR count). The second-order valence-electron chi connectivity index (χ2n) is 3.55. The topological polar surface area (TPSA) is 96.1 Å². The number of alkyl halides is 3. The van der Waals surface area contributed by atoms with Crippen LogP contribution in [0.1, 0.15) is 19.0 Å². The van der Waals surface area contributed by atoms with Crippen molar-refractivity contribution in [2.75, 3.05) is 17.3 Å². The van der Waals surface area contributed by atoms with Crippen molar-refractivity contribution in [1.29, 1.82) is 0 Å². The zero-order valence-electron chi connectivity index (χ0n) is 9.62. The summed E-state index contributed by atoms with van der Waals surface area (Å²) in [5.41, 5.74) is 0.845. The van der Waals surface area contributed by atoms with Gasteiger partial charge in [-0.25, -0.2) is 10.8 Å². The Labute approximate surface area is 101 Å². The fourth-order valence-electron chi connectivity index (χ4n) is 1.11. The summed E-state index contributed by atoms with van der Waals surface area (Å²) >= 11 is 0. The number of rotatable bonds is 5. The molecule has 1 unspecified atom stereocenters. The van der Waals surface area contributed by atoms with E-state index >= 15 is 0 Å². The summed E-state index contributed by atoms with van der Waals surface area (Å²) in [6.07, 6.45) is -4.77. The molecule has 0 fully saturated rings. The Morgan fingerprint density at radius 3 is 2.61 bits per heavy atom. The van der Waals surface area contributed by atoms with Gasteiger partial charge in [-0.15, -0.1) is 0 Å². The van der Waals surface area contributed by atoms with Crippen LogP contribution >= 0.6 is 0 Å². The third-order valence-corrected chi connectivity index (χ3v) is 2.14. The zero-order valence-corrected chi connectivity index (χ0v) is 9.62. The molecule has 0 aromatic carbocycles. The van der Waals surface area contributed by atoms with Crippen LogP contribution in [0.4, 0.5) is 24.9 Å². The average Bonchev–Trinajstić information content (AvgIpc) is 2.34. The van der Waals surface area contributed by atoms with Gasteiger partial charge >= 0.3 is 6.18 Å². The van der Waals surface area contributed by atoms with Gasteiger partial charge in [0.1, 0.15) is 5.82 Å². The number of nitrogens with one attached hydrogen (secondary N) is 2. The summed E-state index contributed by atoms with van der Waals surface area (Å²) in [5.74, 6) is 4.59. The Balaban J connectivity index is 2.91. The van der Waals surface area contributed by atoms with Crippen LogP contribution in [0.15, 0.2) is 6.07 Å². The summed E-state index contributed by atoms with van der Waals surface area (Å²) in [4.78, 5) is 6.90. The molecular formula is C9H14F3N5O. The molecular weight excluding hydrogens is 251 g/mol. The van der Waals surface area contributed by atoms with Crippen LogP contribution < -0.4 is 16.6 Å². The standard InChI is InChI=1S/C9H14F3N5O/c1-2-5(18)4-14-7-3-6(9(10,11)12)15-8(16-7)17-13/h3,5,18H,2,4,13H2,1H3,(H2,14,15,16,17). The fraction of sp³-hybridized carbons (Fsp3) is 0.556. The van der Waals surface area contributed by atoms with Gasteiger partial charge in [-0.05, 0) is 6.42 Å². The highest BCUT2D eigenvalue weighted by Gasteiger charge is 2.33. The Morgan fingerprint density at radius 1 is 1.44 bits per heavy atom. The highest BCUT2D eigenvalue weighted by molar-refractivity contribution is 5.42. The van der Waals surface area contributed by atoms with Gasteiger partial charge in [-0.2, -0.15) is 18.2 Å². The fourth-order valence-corrected chi connectivity index (χ4v) is 1.11. The Bertz CT molecular complexity index is 398. The minimum atomic E-state index is -4.59. The summed E-state index contributed by atoms with van der Waals surface area (Å²) in [7, 11) is 0. The molecule has 0 aliphatic carbocycles. The van der Waals surface area contributed by atoms with E-state index in [1.807, 2.05) is 5.43 Å². The first-order valence-corrected chi connectivity index (χ1v) is 5.21. The maximum atomic E-state index is 12.5. The predicted octanol–water partition coefficient (Wildman–Crippen LogP) is 0.964. The lowest BCUT2D eigenvalue weighted by molar-refractivity contribution is -0.141. The monoisotopic (exact) mass is 265 g/mol.